The molecule has 0 saturated carbocycles. The lowest BCUT2D eigenvalue weighted by Gasteiger charge is -2.33. The average Bonchev–Trinajstić information content (AvgIpc) is 2.95. The molecule has 0 aromatic carbocycles. The number of aliphatic hydroxyl groups is 7. The number of rotatable bonds is 6. The van der Waals surface area contributed by atoms with Crippen LogP contribution in [0.1, 0.15) is 0 Å². The van der Waals surface area contributed by atoms with Gasteiger partial charge in [0.2, 0.25) is 0 Å². The SMILES string of the molecule is OCC1NC(COC2(CO)NC(CO)C(O)C2O)C(O)C1O. The molecule has 2 heterocycles. The molecular weight excluding hydrogens is 300 g/mol. The van der Waals surface area contributed by atoms with Crippen molar-refractivity contribution in [3.63, 3.8) is 0 Å². The van der Waals surface area contributed by atoms with Crippen molar-refractivity contribution in [1.82, 2.24) is 10.6 Å². The molecule has 2 aliphatic heterocycles. The molecule has 10 heteroatoms. The lowest BCUT2D eigenvalue weighted by molar-refractivity contribution is -0.166. The summed E-state index contributed by atoms with van der Waals surface area (Å²) in [5.41, 5.74) is -1.68. The molecule has 8 atom stereocenters. The van der Waals surface area contributed by atoms with Gasteiger partial charge in [-0.1, -0.05) is 0 Å². The molecule has 2 fully saturated rings. The van der Waals surface area contributed by atoms with Gasteiger partial charge in [0.25, 0.3) is 0 Å². The van der Waals surface area contributed by atoms with Crippen LogP contribution in [0.5, 0.6) is 0 Å². The van der Waals surface area contributed by atoms with E-state index in [1.165, 1.54) is 0 Å². The quantitative estimate of drug-likeness (QED) is 0.229. The van der Waals surface area contributed by atoms with E-state index in [9.17, 15) is 25.5 Å². The van der Waals surface area contributed by atoms with E-state index in [0.717, 1.165) is 0 Å². The highest BCUT2D eigenvalue weighted by atomic mass is 16.5. The molecular formula is C12H24N2O8. The fourth-order valence-electron chi connectivity index (χ4n) is 2.94. The molecule has 0 bridgehead atoms. The van der Waals surface area contributed by atoms with Crippen LogP contribution in [0.4, 0.5) is 0 Å². The Hall–Kier alpha value is -0.400. The van der Waals surface area contributed by atoms with Crippen molar-refractivity contribution in [2.24, 2.45) is 0 Å². The predicted molar refractivity (Wildman–Crippen MR) is 71.6 cm³/mol. The Balaban J connectivity index is 2.00. The molecule has 2 aliphatic rings. The van der Waals surface area contributed by atoms with Crippen molar-refractivity contribution in [1.29, 1.82) is 0 Å². The van der Waals surface area contributed by atoms with Gasteiger partial charge in [-0.2, -0.15) is 0 Å². The van der Waals surface area contributed by atoms with Crippen molar-refractivity contribution < 1.29 is 40.5 Å². The standard InChI is InChI=1S/C12H24N2O8/c15-1-5-8(18)9(19)7(13-5)3-22-12(4-17)11(21)10(20)6(2-16)14-12/h5-11,13-21H,1-4H2. The molecule has 0 spiro atoms. The largest absolute Gasteiger partial charge is 0.395 e. The topological polar surface area (TPSA) is 175 Å². The van der Waals surface area contributed by atoms with Gasteiger partial charge in [0, 0.05) is 0 Å². The van der Waals surface area contributed by atoms with Gasteiger partial charge in [0.15, 0.2) is 5.72 Å². The maximum Gasteiger partial charge on any atom is 0.171 e. The highest BCUT2D eigenvalue weighted by Crippen LogP contribution is 2.27. The second kappa shape index (κ2) is 7.01. The minimum atomic E-state index is -1.68. The number of aliphatic hydroxyl groups excluding tert-OH is 7. The van der Waals surface area contributed by atoms with Gasteiger partial charge in [-0.15, -0.1) is 0 Å². The third-order valence-corrected chi connectivity index (χ3v) is 4.39. The van der Waals surface area contributed by atoms with Gasteiger partial charge in [-0.25, -0.2) is 0 Å². The molecule has 2 saturated heterocycles. The van der Waals surface area contributed by atoms with Crippen LogP contribution in [0.15, 0.2) is 0 Å². The third kappa shape index (κ3) is 2.99. The van der Waals surface area contributed by atoms with Crippen molar-refractivity contribution >= 4 is 0 Å². The van der Waals surface area contributed by atoms with E-state index in [1.807, 2.05) is 0 Å². The molecule has 0 aliphatic carbocycles. The van der Waals surface area contributed by atoms with Crippen LogP contribution >= 0.6 is 0 Å². The fourth-order valence-corrected chi connectivity index (χ4v) is 2.94. The zero-order chi connectivity index (χ0) is 16.5. The molecule has 9 N–H and O–H groups in total. The van der Waals surface area contributed by atoms with Crippen molar-refractivity contribution in [3.05, 3.63) is 0 Å². The maximum atomic E-state index is 10.0. The van der Waals surface area contributed by atoms with Crippen LogP contribution in [-0.2, 0) is 4.74 Å². The number of hydrogen-bond donors (Lipinski definition) is 9. The molecule has 0 amide bonds. The Morgan fingerprint density at radius 1 is 0.818 bits per heavy atom. The van der Waals surface area contributed by atoms with Gasteiger partial charge in [0.05, 0.1) is 56.8 Å². The van der Waals surface area contributed by atoms with Crippen molar-refractivity contribution in [3.8, 4) is 0 Å². The maximum absolute atomic E-state index is 10.0. The Kier molecular flexibility index (Phi) is 5.72. The highest BCUT2D eigenvalue weighted by Gasteiger charge is 2.54. The van der Waals surface area contributed by atoms with Crippen molar-refractivity contribution in [2.45, 2.75) is 48.3 Å². The Labute approximate surface area is 127 Å². The second-order valence-corrected chi connectivity index (χ2v) is 5.77. The number of nitrogens with one attached hydrogen (secondary N) is 2. The number of hydrogen-bond acceptors (Lipinski definition) is 10. The van der Waals surface area contributed by atoms with E-state index < -0.39 is 61.5 Å². The lowest BCUT2D eigenvalue weighted by Crippen LogP contribution is -2.57. The Morgan fingerprint density at radius 2 is 1.41 bits per heavy atom. The Bertz CT molecular complexity index is 375. The van der Waals surface area contributed by atoms with E-state index in [1.54, 1.807) is 0 Å². The summed E-state index contributed by atoms with van der Waals surface area (Å²) in [4.78, 5) is 0. The summed E-state index contributed by atoms with van der Waals surface area (Å²) in [6.45, 7) is -1.70. The summed E-state index contributed by atoms with van der Waals surface area (Å²) in [7, 11) is 0. The van der Waals surface area contributed by atoms with E-state index >= 15 is 0 Å². The summed E-state index contributed by atoms with van der Waals surface area (Å²) in [5, 5.41) is 72.5. The molecule has 130 valence electrons. The molecule has 8 unspecified atom stereocenters. The zero-order valence-electron chi connectivity index (χ0n) is 11.9. The third-order valence-electron chi connectivity index (χ3n) is 4.39. The smallest absolute Gasteiger partial charge is 0.171 e. The summed E-state index contributed by atoms with van der Waals surface area (Å²) < 4.78 is 5.45. The second-order valence-electron chi connectivity index (χ2n) is 5.77. The fraction of sp³-hybridized carbons (Fsp3) is 1.00. The van der Waals surface area contributed by atoms with Crippen molar-refractivity contribution in [2.75, 3.05) is 26.4 Å². The average molecular weight is 324 g/mol. The normalized spacial score (nSPS) is 49.0. The molecule has 0 radical (unpaired) electrons. The van der Waals surface area contributed by atoms with Gasteiger partial charge < -0.3 is 45.8 Å². The minimum absolute atomic E-state index is 0.204. The van der Waals surface area contributed by atoms with Crippen LogP contribution < -0.4 is 10.6 Å². The summed E-state index contributed by atoms with van der Waals surface area (Å²) in [6.07, 6.45) is -5.16. The van der Waals surface area contributed by atoms with Gasteiger partial charge in [-0.05, 0) is 0 Å². The van der Waals surface area contributed by atoms with E-state index in [0.29, 0.717) is 0 Å². The van der Waals surface area contributed by atoms with E-state index in [-0.39, 0.29) is 13.2 Å². The summed E-state index contributed by atoms with van der Waals surface area (Å²) in [5.74, 6) is 0. The highest BCUT2D eigenvalue weighted by molar-refractivity contribution is 5.05. The monoisotopic (exact) mass is 324 g/mol. The summed E-state index contributed by atoms with van der Waals surface area (Å²) in [6, 6.07) is -2.29. The van der Waals surface area contributed by atoms with Crippen LogP contribution in [0.3, 0.4) is 0 Å². The van der Waals surface area contributed by atoms with E-state index in [2.05, 4.69) is 10.6 Å². The van der Waals surface area contributed by atoms with Gasteiger partial charge in [0.1, 0.15) is 12.2 Å². The molecule has 2 rings (SSSR count). The van der Waals surface area contributed by atoms with Gasteiger partial charge >= 0.3 is 0 Å². The van der Waals surface area contributed by atoms with Crippen LogP contribution in [0.25, 0.3) is 0 Å². The molecule has 0 aromatic rings. The molecule has 10 nitrogen and oxygen atoms in total. The molecule has 0 aromatic heterocycles. The van der Waals surface area contributed by atoms with Gasteiger partial charge in [-0.3, -0.25) is 5.32 Å². The van der Waals surface area contributed by atoms with Crippen LogP contribution in [-0.4, -0.2) is 110 Å². The zero-order valence-corrected chi connectivity index (χ0v) is 11.9. The molecule has 22 heavy (non-hydrogen) atoms. The minimum Gasteiger partial charge on any atom is -0.395 e. The van der Waals surface area contributed by atoms with Crippen LogP contribution in [0, 0.1) is 0 Å². The predicted octanol–water partition coefficient (Wildman–Crippen LogP) is -5.57. The Morgan fingerprint density at radius 3 is 1.86 bits per heavy atom. The first-order valence-corrected chi connectivity index (χ1v) is 7.12. The first kappa shape index (κ1) is 17.9. The first-order chi connectivity index (χ1) is 10.4. The summed E-state index contributed by atoms with van der Waals surface area (Å²) >= 11 is 0. The van der Waals surface area contributed by atoms with Crippen LogP contribution in [0.2, 0.25) is 0 Å². The lowest BCUT2D eigenvalue weighted by atomic mass is 10.1. The number of ether oxygens (including phenoxy) is 1. The van der Waals surface area contributed by atoms with E-state index in [4.69, 9.17) is 14.9 Å². The first-order valence-electron chi connectivity index (χ1n) is 7.12.